The molecular formula is C19H17N3O3. The van der Waals surface area contributed by atoms with Crippen molar-refractivity contribution >= 4 is 28.3 Å². The van der Waals surface area contributed by atoms with Gasteiger partial charge in [0.15, 0.2) is 11.8 Å². The normalized spacial score (nSPS) is 11.8. The summed E-state index contributed by atoms with van der Waals surface area (Å²) in [5.41, 5.74) is 1.43. The van der Waals surface area contributed by atoms with Gasteiger partial charge in [0.25, 0.3) is 5.91 Å². The fourth-order valence-electron chi connectivity index (χ4n) is 2.34. The summed E-state index contributed by atoms with van der Waals surface area (Å²) < 4.78 is 5.17. The van der Waals surface area contributed by atoms with E-state index in [4.69, 9.17) is 4.74 Å². The Bertz CT molecular complexity index is 917. The van der Waals surface area contributed by atoms with Gasteiger partial charge in [-0.2, -0.15) is 0 Å². The van der Waals surface area contributed by atoms with Crippen LogP contribution in [0.2, 0.25) is 0 Å². The van der Waals surface area contributed by atoms with Gasteiger partial charge in [0.2, 0.25) is 0 Å². The molecule has 126 valence electrons. The number of benzene rings is 2. The van der Waals surface area contributed by atoms with Gasteiger partial charge in [-0.3, -0.25) is 9.78 Å². The standard InChI is InChI=1S/C19H17N3O3/c1-12-10-21-17(11-20-12)19(24)25-13(2)18(23)22-16-9-5-7-14-6-3-4-8-15(14)16/h3-11,13H,1-2H3,(H,22,23)/t13-/m1/s1. The summed E-state index contributed by atoms with van der Waals surface area (Å²) in [6.07, 6.45) is 1.83. The second-order valence-corrected chi connectivity index (χ2v) is 5.61. The number of hydrogen-bond acceptors (Lipinski definition) is 5. The van der Waals surface area contributed by atoms with Crippen LogP contribution < -0.4 is 5.32 Å². The summed E-state index contributed by atoms with van der Waals surface area (Å²) in [6.45, 7) is 3.28. The minimum absolute atomic E-state index is 0.0652. The van der Waals surface area contributed by atoms with Crippen LogP contribution in [0.5, 0.6) is 0 Å². The van der Waals surface area contributed by atoms with E-state index in [2.05, 4.69) is 15.3 Å². The third-order valence-corrected chi connectivity index (χ3v) is 3.69. The van der Waals surface area contributed by atoms with Crippen LogP contribution in [0.1, 0.15) is 23.1 Å². The molecule has 0 fully saturated rings. The molecule has 0 radical (unpaired) electrons. The van der Waals surface area contributed by atoms with E-state index >= 15 is 0 Å². The summed E-state index contributed by atoms with van der Waals surface area (Å²) in [7, 11) is 0. The number of amides is 1. The van der Waals surface area contributed by atoms with E-state index in [1.807, 2.05) is 36.4 Å². The number of aryl methyl sites for hydroxylation is 1. The highest BCUT2D eigenvalue weighted by molar-refractivity contribution is 6.04. The highest BCUT2D eigenvalue weighted by Crippen LogP contribution is 2.23. The zero-order chi connectivity index (χ0) is 17.8. The molecule has 3 aromatic rings. The zero-order valence-electron chi connectivity index (χ0n) is 13.9. The van der Waals surface area contributed by atoms with Crippen LogP contribution in [-0.4, -0.2) is 27.9 Å². The van der Waals surface area contributed by atoms with Gasteiger partial charge in [-0.15, -0.1) is 0 Å². The van der Waals surface area contributed by atoms with Crippen molar-refractivity contribution in [2.75, 3.05) is 5.32 Å². The number of carbonyl (C=O) groups excluding carboxylic acids is 2. The van der Waals surface area contributed by atoms with Crippen molar-refractivity contribution in [3.8, 4) is 0 Å². The Balaban J connectivity index is 1.70. The molecule has 0 aliphatic heterocycles. The number of anilines is 1. The minimum Gasteiger partial charge on any atom is -0.448 e. The molecule has 0 bridgehead atoms. The average Bonchev–Trinajstić information content (AvgIpc) is 2.62. The van der Waals surface area contributed by atoms with Crippen LogP contribution in [0.3, 0.4) is 0 Å². The molecule has 25 heavy (non-hydrogen) atoms. The van der Waals surface area contributed by atoms with Crippen molar-refractivity contribution in [2.45, 2.75) is 20.0 Å². The van der Waals surface area contributed by atoms with Crippen LogP contribution >= 0.6 is 0 Å². The molecule has 1 N–H and O–H groups in total. The maximum Gasteiger partial charge on any atom is 0.359 e. The van der Waals surface area contributed by atoms with Gasteiger partial charge in [0, 0.05) is 17.3 Å². The number of ether oxygens (including phenoxy) is 1. The molecule has 1 amide bonds. The molecule has 0 aliphatic rings. The number of nitrogens with zero attached hydrogens (tertiary/aromatic N) is 2. The highest BCUT2D eigenvalue weighted by Gasteiger charge is 2.20. The van der Waals surface area contributed by atoms with Crippen molar-refractivity contribution in [1.82, 2.24) is 9.97 Å². The van der Waals surface area contributed by atoms with E-state index < -0.39 is 18.0 Å². The number of carbonyl (C=O) groups is 2. The number of fused-ring (bicyclic) bond motifs is 1. The second kappa shape index (κ2) is 7.09. The number of aromatic nitrogens is 2. The van der Waals surface area contributed by atoms with Crippen LogP contribution in [0.15, 0.2) is 54.9 Å². The lowest BCUT2D eigenvalue weighted by molar-refractivity contribution is -0.123. The van der Waals surface area contributed by atoms with E-state index in [1.165, 1.54) is 19.3 Å². The van der Waals surface area contributed by atoms with Crippen LogP contribution in [0, 0.1) is 6.92 Å². The number of hydrogen-bond donors (Lipinski definition) is 1. The molecular weight excluding hydrogens is 318 g/mol. The van der Waals surface area contributed by atoms with E-state index in [9.17, 15) is 9.59 Å². The summed E-state index contributed by atoms with van der Waals surface area (Å²) in [6, 6.07) is 13.3. The molecule has 0 spiro atoms. The lowest BCUT2D eigenvalue weighted by Crippen LogP contribution is -2.30. The lowest BCUT2D eigenvalue weighted by atomic mass is 10.1. The first kappa shape index (κ1) is 16.6. The van der Waals surface area contributed by atoms with E-state index in [1.54, 1.807) is 13.0 Å². The van der Waals surface area contributed by atoms with Gasteiger partial charge in [-0.05, 0) is 25.3 Å². The number of rotatable bonds is 4. The molecule has 0 unspecified atom stereocenters. The first-order valence-electron chi connectivity index (χ1n) is 7.83. The topological polar surface area (TPSA) is 81.2 Å². The van der Waals surface area contributed by atoms with Crippen molar-refractivity contribution in [3.05, 3.63) is 66.2 Å². The summed E-state index contributed by atoms with van der Waals surface area (Å²) in [5.74, 6) is -1.10. The Hall–Kier alpha value is -3.28. The SMILES string of the molecule is Cc1cnc(C(=O)O[C@H](C)C(=O)Nc2cccc3ccccc23)cn1. The van der Waals surface area contributed by atoms with E-state index in [0.29, 0.717) is 11.4 Å². The van der Waals surface area contributed by atoms with E-state index in [-0.39, 0.29) is 5.69 Å². The zero-order valence-corrected chi connectivity index (χ0v) is 13.9. The Morgan fingerprint density at radius 3 is 2.56 bits per heavy atom. The molecule has 1 atom stereocenters. The largest absolute Gasteiger partial charge is 0.448 e. The van der Waals surface area contributed by atoms with Crippen molar-refractivity contribution in [3.63, 3.8) is 0 Å². The van der Waals surface area contributed by atoms with Crippen LogP contribution in [0.4, 0.5) is 5.69 Å². The molecule has 0 saturated heterocycles. The third-order valence-electron chi connectivity index (χ3n) is 3.69. The maximum absolute atomic E-state index is 12.4. The third kappa shape index (κ3) is 3.80. The predicted molar refractivity (Wildman–Crippen MR) is 94.2 cm³/mol. The van der Waals surface area contributed by atoms with Crippen molar-refractivity contribution < 1.29 is 14.3 Å². The molecule has 6 nitrogen and oxygen atoms in total. The molecule has 1 heterocycles. The molecule has 0 saturated carbocycles. The number of esters is 1. The average molecular weight is 335 g/mol. The summed E-state index contributed by atoms with van der Waals surface area (Å²) in [4.78, 5) is 32.3. The van der Waals surface area contributed by atoms with Gasteiger partial charge in [0.05, 0.1) is 11.9 Å². The Morgan fingerprint density at radius 1 is 1.04 bits per heavy atom. The van der Waals surface area contributed by atoms with Crippen LogP contribution in [-0.2, 0) is 9.53 Å². The lowest BCUT2D eigenvalue weighted by Gasteiger charge is -2.14. The first-order valence-corrected chi connectivity index (χ1v) is 7.83. The quantitative estimate of drug-likeness (QED) is 0.741. The fraction of sp³-hybridized carbons (Fsp3) is 0.158. The van der Waals surface area contributed by atoms with Gasteiger partial charge >= 0.3 is 5.97 Å². The fourth-order valence-corrected chi connectivity index (χ4v) is 2.34. The maximum atomic E-state index is 12.4. The Labute approximate surface area is 144 Å². The van der Waals surface area contributed by atoms with Gasteiger partial charge in [-0.25, -0.2) is 9.78 Å². The summed E-state index contributed by atoms with van der Waals surface area (Å²) in [5, 5.41) is 4.73. The second-order valence-electron chi connectivity index (χ2n) is 5.61. The number of nitrogens with one attached hydrogen (secondary N) is 1. The predicted octanol–water partition coefficient (Wildman–Crippen LogP) is 3.12. The first-order chi connectivity index (χ1) is 12.0. The van der Waals surface area contributed by atoms with Crippen molar-refractivity contribution in [2.24, 2.45) is 0 Å². The summed E-state index contributed by atoms with van der Waals surface area (Å²) >= 11 is 0. The Morgan fingerprint density at radius 2 is 1.80 bits per heavy atom. The smallest absolute Gasteiger partial charge is 0.359 e. The monoisotopic (exact) mass is 335 g/mol. The van der Waals surface area contributed by atoms with Crippen LogP contribution in [0.25, 0.3) is 10.8 Å². The van der Waals surface area contributed by atoms with Crippen molar-refractivity contribution in [1.29, 1.82) is 0 Å². The molecule has 6 heteroatoms. The van der Waals surface area contributed by atoms with Gasteiger partial charge in [0.1, 0.15) is 0 Å². The Kier molecular flexibility index (Phi) is 4.70. The van der Waals surface area contributed by atoms with Gasteiger partial charge < -0.3 is 10.1 Å². The molecule has 3 rings (SSSR count). The van der Waals surface area contributed by atoms with Gasteiger partial charge in [-0.1, -0.05) is 36.4 Å². The van der Waals surface area contributed by atoms with E-state index in [0.717, 1.165) is 10.8 Å². The molecule has 1 aromatic heterocycles. The minimum atomic E-state index is -0.963. The highest BCUT2D eigenvalue weighted by atomic mass is 16.5. The molecule has 0 aliphatic carbocycles. The molecule has 2 aromatic carbocycles.